The molecule has 2 atom stereocenters. The molecule has 6 nitrogen and oxygen atoms in total. The minimum absolute atomic E-state index is 0.206. The number of carbonyl (C=O) groups excluding carboxylic acids is 1. The van der Waals surface area contributed by atoms with Gasteiger partial charge in [0.1, 0.15) is 18.1 Å². The van der Waals surface area contributed by atoms with Crippen LogP contribution < -0.4 is 14.8 Å². The highest BCUT2D eigenvalue weighted by molar-refractivity contribution is 5.94. The van der Waals surface area contributed by atoms with Gasteiger partial charge in [-0.3, -0.25) is 4.98 Å². The van der Waals surface area contributed by atoms with E-state index in [0.29, 0.717) is 24.8 Å². The smallest absolute Gasteiger partial charge is 0.339 e. The van der Waals surface area contributed by atoms with E-state index in [-0.39, 0.29) is 5.97 Å². The standard InChI is InChI=1S/C29H28N2O4/c1-33-20-11-12-27-24(16-20)21(22-9-5-15-30-26(22)17-34-27)8-4-6-19-13-14-29(18-31-19)25-10-3-2-7-23(25)28(32)35-29/h2-3,5,7-12,15-16,19,31H,4,6,13-14,17-18H2,1H3/b21-8+. The fourth-order valence-electron chi connectivity index (χ4n) is 5.53. The fourth-order valence-corrected chi connectivity index (χ4v) is 5.53. The molecule has 0 radical (unpaired) electrons. The molecule has 6 heteroatoms. The number of esters is 1. The van der Waals surface area contributed by atoms with Gasteiger partial charge in [-0.1, -0.05) is 30.3 Å². The number of allylic oxidation sites excluding steroid dienone is 1. The second-order valence-corrected chi connectivity index (χ2v) is 9.39. The van der Waals surface area contributed by atoms with Crippen molar-refractivity contribution in [2.24, 2.45) is 0 Å². The molecule has 1 aromatic heterocycles. The third-order valence-corrected chi connectivity index (χ3v) is 7.38. The summed E-state index contributed by atoms with van der Waals surface area (Å²) < 4.78 is 17.4. The van der Waals surface area contributed by atoms with Gasteiger partial charge in [-0.2, -0.15) is 0 Å². The van der Waals surface area contributed by atoms with Crippen LogP contribution in [-0.2, 0) is 16.9 Å². The first-order chi connectivity index (χ1) is 17.2. The van der Waals surface area contributed by atoms with Gasteiger partial charge in [0.25, 0.3) is 0 Å². The van der Waals surface area contributed by atoms with Crippen molar-refractivity contribution in [3.8, 4) is 11.5 Å². The average Bonchev–Trinajstić information content (AvgIpc) is 3.07. The van der Waals surface area contributed by atoms with Gasteiger partial charge >= 0.3 is 5.97 Å². The SMILES string of the molecule is COc1ccc2c(c1)/C(=C/CCC1CCC3(CN1)OC(=O)c1ccccc13)c1cccnc1CO2. The van der Waals surface area contributed by atoms with Crippen molar-refractivity contribution >= 4 is 11.5 Å². The van der Waals surface area contributed by atoms with Crippen LogP contribution >= 0.6 is 0 Å². The zero-order valence-electron chi connectivity index (χ0n) is 19.8. The molecule has 3 aliphatic heterocycles. The molecule has 0 amide bonds. The first kappa shape index (κ1) is 21.9. The molecule has 178 valence electrons. The molecule has 2 unspecified atom stereocenters. The summed E-state index contributed by atoms with van der Waals surface area (Å²) in [6.07, 6.45) is 7.80. The van der Waals surface area contributed by atoms with Crippen LogP contribution in [0.2, 0.25) is 0 Å². The molecule has 6 rings (SSSR count). The first-order valence-corrected chi connectivity index (χ1v) is 12.2. The Bertz CT molecular complexity index is 1310. The summed E-state index contributed by atoms with van der Waals surface area (Å²) in [5.74, 6) is 1.44. The van der Waals surface area contributed by atoms with Crippen LogP contribution in [0.15, 0.2) is 66.9 Å². The number of carbonyl (C=O) groups is 1. The van der Waals surface area contributed by atoms with Crippen molar-refractivity contribution in [1.82, 2.24) is 10.3 Å². The van der Waals surface area contributed by atoms with E-state index in [1.807, 2.05) is 54.7 Å². The molecule has 0 aliphatic carbocycles. The minimum atomic E-state index is -0.526. The molecule has 1 saturated heterocycles. The van der Waals surface area contributed by atoms with Crippen molar-refractivity contribution in [2.45, 2.75) is 43.9 Å². The molecule has 0 bridgehead atoms. The molecule has 2 aromatic carbocycles. The molecule has 0 saturated carbocycles. The third kappa shape index (κ3) is 3.88. The molecule has 3 aliphatic rings. The lowest BCUT2D eigenvalue weighted by Gasteiger charge is -2.37. The number of nitrogens with one attached hydrogen (secondary N) is 1. The second-order valence-electron chi connectivity index (χ2n) is 9.39. The number of hydrogen-bond donors (Lipinski definition) is 1. The molecule has 3 aromatic rings. The van der Waals surface area contributed by atoms with Gasteiger partial charge in [0.05, 0.1) is 18.4 Å². The lowest BCUT2D eigenvalue weighted by molar-refractivity contribution is -0.0262. The normalized spacial score (nSPS) is 23.6. The van der Waals surface area contributed by atoms with E-state index in [1.54, 1.807) is 7.11 Å². The van der Waals surface area contributed by atoms with Crippen LogP contribution in [0, 0.1) is 0 Å². The van der Waals surface area contributed by atoms with Gasteiger partial charge in [-0.15, -0.1) is 0 Å². The molecular weight excluding hydrogens is 440 g/mol. The lowest BCUT2D eigenvalue weighted by atomic mass is 9.82. The summed E-state index contributed by atoms with van der Waals surface area (Å²) in [6, 6.07) is 18.1. The molecule has 1 spiro atoms. The summed E-state index contributed by atoms with van der Waals surface area (Å²) in [7, 11) is 1.68. The maximum absolute atomic E-state index is 12.4. The minimum Gasteiger partial charge on any atom is -0.497 e. The van der Waals surface area contributed by atoms with Crippen molar-refractivity contribution in [2.75, 3.05) is 13.7 Å². The average molecular weight is 469 g/mol. The Balaban J connectivity index is 1.20. The number of nitrogens with zero attached hydrogens (tertiary/aromatic N) is 1. The second kappa shape index (κ2) is 8.86. The van der Waals surface area contributed by atoms with Gasteiger partial charge in [0, 0.05) is 35.5 Å². The highest BCUT2D eigenvalue weighted by atomic mass is 16.6. The van der Waals surface area contributed by atoms with Crippen LogP contribution in [0.25, 0.3) is 5.57 Å². The van der Waals surface area contributed by atoms with Crippen LogP contribution in [0.4, 0.5) is 0 Å². The number of fused-ring (bicyclic) bond motifs is 4. The fraction of sp³-hybridized carbons (Fsp3) is 0.310. The van der Waals surface area contributed by atoms with Gasteiger partial charge in [0.15, 0.2) is 5.60 Å². The van der Waals surface area contributed by atoms with E-state index in [9.17, 15) is 4.79 Å². The van der Waals surface area contributed by atoms with Gasteiger partial charge < -0.3 is 19.5 Å². The number of aromatic nitrogens is 1. The number of rotatable bonds is 4. The molecule has 1 N–H and O–H groups in total. The van der Waals surface area contributed by atoms with Crippen molar-refractivity contribution < 1.29 is 19.0 Å². The molecule has 4 heterocycles. The number of ether oxygens (including phenoxy) is 3. The molecule has 1 fully saturated rings. The Hall–Kier alpha value is -3.64. The van der Waals surface area contributed by atoms with E-state index >= 15 is 0 Å². The van der Waals surface area contributed by atoms with Crippen LogP contribution in [0.1, 0.15) is 58.4 Å². The zero-order valence-corrected chi connectivity index (χ0v) is 19.8. The van der Waals surface area contributed by atoms with E-state index in [0.717, 1.165) is 65.1 Å². The van der Waals surface area contributed by atoms with E-state index in [2.05, 4.69) is 22.4 Å². The Morgan fingerprint density at radius 1 is 1.14 bits per heavy atom. The number of methoxy groups -OCH3 is 1. The quantitative estimate of drug-likeness (QED) is 0.543. The van der Waals surface area contributed by atoms with Crippen molar-refractivity contribution in [3.63, 3.8) is 0 Å². The largest absolute Gasteiger partial charge is 0.497 e. The van der Waals surface area contributed by atoms with Crippen LogP contribution in [0.3, 0.4) is 0 Å². The topological polar surface area (TPSA) is 69.7 Å². The summed E-state index contributed by atoms with van der Waals surface area (Å²) in [4.78, 5) is 16.9. The van der Waals surface area contributed by atoms with Gasteiger partial charge in [-0.25, -0.2) is 4.79 Å². The van der Waals surface area contributed by atoms with Gasteiger partial charge in [-0.05, 0) is 61.6 Å². The lowest BCUT2D eigenvalue weighted by Crippen LogP contribution is -2.48. The monoisotopic (exact) mass is 468 g/mol. The predicted octanol–water partition coefficient (Wildman–Crippen LogP) is 5.01. The first-order valence-electron chi connectivity index (χ1n) is 12.2. The van der Waals surface area contributed by atoms with E-state index < -0.39 is 5.60 Å². The number of piperidine rings is 1. The molecule has 35 heavy (non-hydrogen) atoms. The number of pyridine rings is 1. The summed E-state index contributed by atoms with van der Waals surface area (Å²) in [6.45, 7) is 1.09. The summed E-state index contributed by atoms with van der Waals surface area (Å²) in [5.41, 5.74) is 5.39. The summed E-state index contributed by atoms with van der Waals surface area (Å²) >= 11 is 0. The third-order valence-electron chi connectivity index (χ3n) is 7.38. The Morgan fingerprint density at radius 3 is 2.89 bits per heavy atom. The highest BCUT2D eigenvalue weighted by Crippen LogP contribution is 2.42. The number of hydrogen-bond acceptors (Lipinski definition) is 6. The highest BCUT2D eigenvalue weighted by Gasteiger charge is 2.47. The van der Waals surface area contributed by atoms with E-state index in [1.165, 1.54) is 0 Å². The zero-order chi connectivity index (χ0) is 23.8. The van der Waals surface area contributed by atoms with Crippen molar-refractivity contribution in [1.29, 1.82) is 0 Å². The van der Waals surface area contributed by atoms with E-state index in [4.69, 9.17) is 14.2 Å². The number of benzene rings is 2. The molecular formula is C29H28N2O4. The van der Waals surface area contributed by atoms with Crippen molar-refractivity contribution in [3.05, 3.63) is 94.8 Å². The Labute approximate surface area is 204 Å². The summed E-state index contributed by atoms with van der Waals surface area (Å²) in [5, 5.41) is 3.66. The predicted molar refractivity (Wildman–Crippen MR) is 132 cm³/mol. The Morgan fingerprint density at radius 2 is 2.03 bits per heavy atom. The maximum atomic E-state index is 12.4. The van der Waals surface area contributed by atoms with Crippen LogP contribution in [-0.4, -0.2) is 30.6 Å². The maximum Gasteiger partial charge on any atom is 0.339 e. The van der Waals surface area contributed by atoms with Gasteiger partial charge in [0.2, 0.25) is 0 Å². The Kier molecular flexibility index (Phi) is 5.53. The van der Waals surface area contributed by atoms with Crippen LogP contribution in [0.5, 0.6) is 11.5 Å².